The number of carboxylic acid groups (broad SMARTS) is 2. The first-order chi connectivity index (χ1) is 17.3. The summed E-state index contributed by atoms with van der Waals surface area (Å²) in [6.07, 6.45) is -0.902. The fourth-order valence-electron chi connectivity index (χ4n) is 3.55. The Morgan fingerprint density at radius 3 is 2.00 bits per heavy atom. The number of amides is 4. The zero-order valence-electron chi connectivity index (χ0n) is 20.4. The lowest BCUT2D eigenvalue weighted by Crippen LogP contribution is -2.60. The van der Waals surface area contributed by atoms with Gasteiger partial charge in [0.25, 0.3) is 0 Å². The van der Waals surface area contributed by atoms with E-state index in [-0.39, 0.29) is 11.4 Å². The summed E-state index contributed by atoms with van der Waals surface area (Å²) in [7, 11) is 2.57. The van der Waals surface area contributed by atoms with Crippen LogP contribution in [0.1, 0.15) is 30.5 Å². The number of nitrogens with one attached hydrogen (secondary N) is 2. The quantitative estimate of drug-likeness (QED) is 0.186. The summed E-state index contributed by atoms with van der Waals surface area (Å²) in [4.78, 5) is 63.5. The van der Waals surface area contributed by atoms with E-state index in [1.165, 1.54) is 50.5 Å². The molecule has 0 heterocycles. The Labute approximate surface area is 212 Å². The Morgan fingerprint density at radius 2 is 1.54 bits per heavy atom. The number of urea groups is 1. The number of rotatable bonds is 9. The summed E-state index contributed by atoms with van der Waals surface area (Å²) in [5.74, 6) is -4.93. The van der Waals surface area contributed by atoms with Gasteiger partial charge in [0.2, 0.25) is 11.8 Å². The molecule has 196 valence electrons. The summed E-state index contributed by atoms with van der Waals surface area (Å²) in [6, 6.07) is 9.71. The van der Waals surface area contributed by atoms with Crippen molar-refractivity contribution in [2.75, 3.05) is 19.0 Å². The number of nitrogen functional groups attached to an aromatic ring is 1. The average molecular weight is 513 g/mol. The SMILES string of the molecule is CC(=O)N([C@@H](CC(=O)O)C(=O)N[C@H](C(=O)O)c1ccccc1)N(C)C(=O)N(C)c1ccc(C(=N)N)cc1. The van der Waals surface area contributed by atoms with Crippen molar-refractivity contribution in [3.05, 3.63) is 65.7 Å². The van der Waals surface area contributed by atoms with E-state index in [0.717, 1.165) is 16.8 Å². The van der Waals surface area contributed by atoms with E-state index >= 15 is 0 Å². The maximum absolute atomic E-state index is 13.2. The van der Waals surface area contributed by atoms with E-state index in [1.807, 2.05) is 0 Å². The number of hydrazine groups is 1. The number of amidine groups is 1. The van der Waals surface area contributed by atoms with Gasteiger partial charge < -0.3 is 21.3 Å². The first-order valence-electron chi connectivity index (χ1n) is 10.9. The van der Waals surface area contributed by atoms with Gasteiger partial charge in [0.05, 0.1) is 6.42 Å². The standard InChI is InChI=1S/C24H28N6O7/c1-14(31)30(29(3)24(37)28(2)17-11-9-16(10-12-17)21(25)26)18(13-19(32)33)22(34)27-20(23(35)36)15-7-5-4-6-8-15/h4-12,18,20H,13H2,1-3H3,(H3,25,26)(H,27,34)(H,32,33)(H,35,36)/t18-,20-/m0/s1. The lowest BCUT2D eigenvalue weighted by molar-refractivity contribution is -0.157. The van der Waals surface area contributed by atoms with Gasteiger partial charge in [-0.1, -0.05) is 30.3 Å². The molecule has 37 heavy (non-hydrogen) atoms. The second-order valence-corrected chi connectivity index (χ2v) is 7.99. The Kier molecular flexibility index (Phi) is 9.29. The number of benzene rings is 2. The van der Waals surface area contributed by atoms with Crippen LogP contribution >= 0.6 is 0 Å². The second kappa shape index (κ2) is 12.2. The number of carbonyl (C=O) groups is 5. The number of nitrogens with zero attached hydrogens (tertiary/aromatic N) is 3. The van der Waals surface area contributed by atoms with Gasteiger partial charge in [-0.05, 0) is 29.8 Å². The van der Waals surface area contributed by atoms with E-state index in [4.69, 9.17) is 11.1 Å². The summed E-state index contributed by atoms with van der Waals surface area (Å²) in [5.41, 5.74) is 6.45. The molecule has 2 atom stereocenters. The maximum Gasteiger partial charge on any atom is 0.342 e. The minimum absolute atomic E-state index is 0.168. The van der Waals surface area contributed by atoms with E-state index in [1.54, 1.807) is 18.2 Å². The van der Waals surface area contributed by atoms with Crippen LogP contribution in [-0.2, 0) is 19.2 Å². The highest BCUT2D eigenvalue weighted by atomic mass is 16.4. The Bertz CT molecular complexity index is 1190. The van der Waals surface area contributed by atoms with Gasteiger partial charge in [-0.3, -0.25) is 24.7 Å². The molecule has 0 fully saturated rings. The molecule has 4 amide bonds. The predicted octanol–water partition coefficient (Wildman–Crippen LogP) is 1.01. The molecule has 0 radical (unpaired) electrons. The molecule has 0 aromatic heterocycles. The Hall–Kier alpha value is -4.94. The van der Waals surface area contributed by atoms with Crippen LogP contribution < -0.4 is 16.0 Å². The number of carboxylic acids is 2. The van der Waals surface area contributed by atoms with Crippen molar-refractivity contribution in [3.8, 4) is 0 Å². The number of hydrogen-bond acceptors (Lipinski definition) is 6. The highest BCUT2D eigenvalue weighted by molar-refractivity contribution is 5.98. The summed E-state index contributed by atoms with van der Waals surface area (Å²) < 4.78 is 0. The second-order valence-electron chi connectivity index (χ2n) is 7.99. The number of carbonyl (C=O) groups excluding carboxylic acids is 3. The molecule has 0 unspecified atom stereocenters. The van der Waals surface area contributed by atoms with Gasteiger partial charge in [0, 0.05) is 32.3 Å². The molecule has 6 N–H and O–H groups in total. The third-order valence-electron chi connectivity index (χ3n) is 5.41. The van der Waals surface area contributed by atoms with E-state index in [9.17, 15) is 34.2 Å². The molecule has 0 bridgehead atoms. The fraction of sp³-hybridized carbons (Fsp3) is 0.250. The van der Waals surface area contributed by atoms with Gasteiger partial charge in [0.15, 0.2) is 6.04 Å². The third kappa shape index (κ3) is 7.04. The van der Waals surface area contributed by atoms with E-state index < -0.39 is 48.3 Å². The van der Waals surface area contributed by atoms with Crippen molar-refractivity contribution in [2.24, 2.45) is 5.73 Å². The Morgan fingerprint density at radius 1 is 0.973 bits per heavy atom. The lowest BCUT2D eigenvalue weighted by atomic mass is 10.1. The molecule has 13 nitrogen and oxygen atoms in total. The molecule has 2 aromatic rings. The van der Waals surface area contributed by atoms with Crippen molar-refractivity contribution in [1.82, 2.24) is 15.3 Å². The summed E-state index contributed by atoms with van der Waals surface area (Å²) in [6.45, 7) is 1.04. The highest BCUT2D eigenvalue weighted by Gasteiger charge is 2.38. The first kappa shape index (κ1) is 28.3. The van der Waals surface area contributed by atoms with Crippen molar-refractivity contribution >= 4 is 41.3 Å². The first-order valence-corrected chi connectivity index (χ1v) is 10.9. The zero-order chi connectivity index (χ0) is 27.9. The maximum atomic E-state index is 13.2. The molecular formula is C24H28N6O7. The summed E-state index contributed by atoms with van der Waals surface area (Å²) >= 11 is 0. The molecular weight excluding hydrogens is 484 g/mol. The largest absolute Gasteiger partial charge is 0.481 e. The smallest absolute Gasteiger partial charge is 0.342 e. The van der Waals surface area contributed by atoms with Crippen molar-refractivity contribution in [2.45, 2.75) is 25.4 Å². The van der Waals surface area contributed by atoms with Crippen LogP contribution in [0, 0.1) is 5.41 Å². The Balaban J connectivity index is 2.37. The van der Waals surface area contributed by atoms with Crippen LogP contribution in [0.15, 0.2) is 54.6 Å². The van der Waals surface area contributed by atoms with Gasteiger partial charge >= 0.3 is 18.0 Å². The van der Waals surface area contributed by atoms with Crippen molar-refractivity contribution < 1.29 is 34.2 Å². The average Bonchev–Trinajstić information content (AvgIpc) is 2.85. The third-order valence-corrected chi connectivity index (χ3v) is 5.41. The molecule has 0 aliphatic rings. The van der Waals surface area contributed by atoms with Gasteiger partial charge in [-0.15, -0.1) is 0 Å². The normalized spacial score (nSPS) is 12.0. The number of aliphatic carboxylic acids is 2. The van der Waals surface area contributed by atoms with E-state index in [0.29, 0.717) is 16.3 Å². The van der Waals surface area contributed by atoms with Crippen LogP contribution in [0.2, 0.25) is 0 Å². The molecule has 0 saturated carbocycles. The molecule has 0 aliphatic heterocycles. The van der Waals surface area contributed by atoms with Crippen LogP contribution in [0.25, 0.3) is 0 Å². The van der Waals surface area contributed by atoms with Crippen LogP contribution in [0.4, 0.5) is 10.5 Å². The van der Waals surface area contributed by atoms with Gasteiger partial charge in [-0.2, -0.15) is 0 Å². The molecule has 0 spiro atoms. The van der Waals surface area contributed by atoms with Crippen LogP contribution in [0.3, 0.4) is 0 Å². The summed E-state index contributed by atoms with van der Waals surface area (Å²) in [5, 5.41) is 30.2. The highest BCUT2D eigenvalue weighted by Crippen LogP contribution is 2.19. The van der Waals surface area contributed by atoms with Crippen molar-refractivity contribution in [3.63, 3.8) is 0 Å². The fourth-order valence-corrected chi connectivity index (χ4v) is 3.55. The molecule has 2 aromatic carbocycles. The predicted molar refractivity (Wildman–Crippen MR) is 133 cm³/mol. The minimum atomic E-state index is -1.75. The number of hydrogen-bond donors (Lipinski definition) is 5. The topological polar surface area (TPSA) is 197 Å². The number of nitrogens with two attached hydrogens (primary N) is 1. The lowest BCUT2D eigenvalue weighted by Gasteiger charge is -2.38. The van der Waals surface area contributed by atoms with Gasteiger partial charge in [-0.25, -0.2) is 19.6 Å². The van der Waals surface area contributed by atoms with Gasteiger partial charge in [0.1, 0.15) is 11.9 Å². The molecule has 13 heteroatoms. The van der Waals surface area contributed by atoms with E-state index in [2.05, 4.69) is 5.32 Å². The zero-order valence-corrected chi connectivity index (χ0v) is 20.4. The molecule has 0 aliphatic carbocycles. The number of anilines is 1. The minimum Gasteiger partial charge on any atom is -0.481 e. The monoisotopic (exact) mass is 512 g/mol. The van der Waals surface area contributed by atoms with Crippen LogP contribution in [-0.4, -0.2) is 76.0 Å². The van der Waals surface area contributed by atoms with Crippen molar-refractivity contribution in [1.29, 1.82) is 5.41 Å². The molecule has 2 rings (SSSR count). The molecule has 0 saturated heterocycles. The van der Waals surface area contributed by atoms with Crippen LogP contribution in [0.5, 0.6) is 0 Å².